The Balaban J connectivity index is 1.51. The zero-order valence-corrected chi connectivity index (χ0v) is 14.4. The van der Waals surface area contributed by atoms with Crippen LogP contribution in [0.15, 0.2) is 18.2 Å². The number of aromatic nitrogens is 2. The van der Waals surface area contributed by atoms with Crippen molar-refractivity contribution in [1.29, 1.82) is 0 Å². The van der Waals surface area contributed by atoms with Gasteiger partial charge in [-0.05, 0) is 31.2 Å². The monoisotopic (exact) mass is 354 g/mol. The molecule has 0 bridgehead atoms. The molecule has 1 fully saturated rings. The van der Waals surface area contributed by atoms with Gasteiger partial charge in [0.25, 0.3) is 0 Å². The van der Waals surface area contributed by atoms with Crippen LogP contribution in [0.5, 0.6) is 0 Å². The van der Waals surface area contributed by atoms with Gasteiger partial charge in [0.05, 0.1) is 29.8 Å². The van der Waals surface area contributed by atoms with Gasteiger partial charge in [0.15, 0.2) is 9.84 Å². The molecule has 1 atom stereocenters. The number of rotatable bonds is 5. The molecule has 0 saturated carbocycles. The van der Waals surface area contributed by atoms with Crippen molar-refractivity contribution in [3.05, 3.63) is 23.8 Å². The topological polar surface area (TPSA) is 92.3 Å². The fraction of sp³-hybridized carbons (Fsp3) is 0.500. The van der Waals surface area contributed by atoms with Gasteiger partial charge < -0.3 is 5.32 Å². The van der Waals surface area contributed by atoms with Crippen molar-refractivity contribution >= 4 is 38.5 Å². The molecule has 1 N–H and O–H groups in total. The highest BCUT2D eigenvalue weighted by Gasteiger charge is 2.31. The average Bonchev–Trinajstić information content (AvgIpc) is 3.10. The Labute approximate surface area is 138 Å². The summed E-state index contributed by atoms with van der Waals surface area (Å²) in [7, 11) is -1.14. The summed E-state index contributed by atoms with van der Waals surface area (Å²) in [6, 6.07) is 5.64. The minimum absolute atomic E-state index is 0.0665. The molecular weight excluding hydrogens is 336 g/mol. The Bertz CT molecular complexity index is 818. The van der Waals surface area contributed by atoms with E-state index in [1.165, 1.54) is 11.7 Å². The number of sulfone groups is 1. The molecule has 1 aromatic heterocycles. The standard InChI is InChI=1S/C14H18N4O3S2/c1-18(11-4-5-23(20,21)9-11)8-14(19)15-7-10-2-3-12-13(6-10)17-22-16-12/h2-3,6,11H,4-5,7-9H2,1H3,(H,15,19). The van der Waals surface area contributed by atoms with Gasteiger partial charge in [-0.3, -0.25) is 9.69 Å². The third-order valence-corrected chi connectivity index (χ3v) is 6.34. The molecule has 1 saturated heterocycles. The molecule has 9 heteroatoms. The van der Waals surface area contributed by atoms with Gasteiger partial charge in [-0.15, -0.1) is 0 Å². The molecule has 1 aliphatic heterocycles. The van der Waals surface area contributed by atoms with Crippen molar-refractivity contribution in [1.82, 2.24) is 19.0 Å². The van der Waals surface area contributed by atoms with Crippen molar-refractivity contribution in [2.24, 2.45) is 0 Å². The van der Waals surface area contributed by atoms with Crippen LogP contribution in [-0.2, 0) is 21.2 Å². The first-order valence-electron chi connectivity index (χ1n) is 7.31. The largest absolute Gasteiger partial charge is 0.351 e. The number of likely N-dealkylation sites (N-methyl/N-ethyl adjacent to an activating group) is 1. The lowest BCUT2D eigenvalue weighted by Gasteiger charge is -2.22. The first-order chi connectivity index (χ1) is 10.9. The van der Waals surface area contributed by atoms with Crippen LogP contribution in [0.25, 0.3) is 11.0 Å². The highest BCUT2D eigenvalue weighted by molar-refractivity contribution is 7.91. The number of hydrogen-bond acceptors (Lipinski definition) is 7. The summed E-state index contributed by atoms with van der Waals surface area (Å²) < 4.78 is 31.3. The number of nitrogens with zero attached hydrogens (tertiary/aromatic N) is 3. The van der Waals surface area contributed by atoms with Crippen molar-refractivity contribution in [2.45, 2.75) is 19.0 Å². The Morgan fingerprint density at radius 3 is 2.91 bits per heavy atom. The predicted octanol–water partition coefficient (Wildman–Crippen LogP) is 0.426. The number of carbonyl (C=O) groups is 1. The van der Waals surface area contributed by atoms with Crippen LogP contribution in [0, 0.1) is 0 Å². The van der Waals surface area contributed by atoms with E-state index in [1.54, 1.807) is 7.05 Å². The van der Waals surface area contributed by atoms with Crippen LogP contribution in [0.3, 0.4) is 0 Å². The van der Waals surface area contributed by atoms with Crippen molar-refractivity contribution in [3.63, 3.8) is 0 Å². The van der Waals surface area contributed by atoms with Gasteiger partial charge in [-0.25, -0.2) is 8.42 Å². The van der Waals surface area contributed by atoms with Crippen LogP contribution in [-0.4, -0.2) is 59.1 Å². The van der Waals surface area contributed by atoms with Crippen molar-refractivity contribution in [2.75, 3.05) is 25.1 Å². The fourth-order valence-corrected chi connectivity index (χ4v) is 5.00. The Kier molecular flexibility index (Phi) is 4.60. The van der Waals surface area contributed by atoms with E-state index < -0.39 is 9.84 Å². The third-order valence-electron chi connectivity index (χ3n) is 4.03. The number of fused-ring (bicyclic) bond motifs is 1. The Morgan fingerprint density at radius 1 is 1.39 bits per heavy atom. The minimum Gasteiger partial charge on any atom is -0.351 e. The molecule has 7 nitrogen and oxygen atoms in total. The van der Waals surface area contributed by atoms with Crippen molar-refractivity contribution in [3.8, 4) is 0 Å². The van der Waals surface area contributed by atoms with Crippen LogP contribution >= 0.6 is 11.7 Å². The molecule has 1 unspecified atom stereocenters. The smallest absolute Gasteiger partial charge is 0.234 e. The number of carbonyl (C=O) groups excluding carboxylic acids is 1. The van der Waals surface area contributed by atoms with Crippen LogP contribution in [0.1, 0.15) is 12.0 Å². The zero-order valence-electron chi connectivity index (χ0n) is 12.7. The van der Waals surface area contributed by atoms with Gasteiger partial charge in [0.2, 0.25) is 5.91 Å². The van der Waals surface area contributed by atoms with E-state index in [-0.39, 0.29) is 30.0 Å². The Morgan fingerprint density at radius 2 is 2.17 bits per heavy atom. The number of hydrogen-bond donors (Lipinski definition) is 1. The normalized spacial score (nSPS) is 20.2. The minimum atomic E-state index is -2.93. The van der Waals surface area contributed by atoms with Crippen LogP contribution < -0.4 is 5.32 Å². The average molecular weight is 354 g/mol. The lowest BCUT2D eigenvalue weighted by molar-refractivity contribution is -0.122. The molecule has 23 heavy (non-hydrogen) atoms. The van der Waals surface area contributed by atoms with Gasteiger partial charge in [-0.1, -0.05) is 6.07 Å². The number of amides is 1. The van der Waals surface area contributed by atoms with Gasteiger partial charge in [0.1, 0.15) is 11.0 Å². The molecule has 2 heterocycles. The Hall–Kier alpha value is -1.58. The fourth-order valence-electron chi connectivity index (χ4n) is 2.67. The molecule has 0 spiro atoms. The number of benzene rings is 1. The van der Waals surface area contributed by atoms with E-state index in [9.17, 15) is 13.2 Å². The lowest BCUT2D eigenvalue weighted by atomic mass is 10.2. The van der Waals surface area contributed by atoms with Gasteiger partial charge in [-0.2, -0.15) is 8.75 Å². The van der Waals surface area contributed by atoms with Crippen molar-refractivity contribution < 1.29 is 13.2 Å². The van der Waals surface area contributed by atoms with E-state index in [2.05, 4.69) is 14.1 Å². The van der Waals surface area contributed by atoms with Crippen LogP contribution in [0.2, 0.25) is 0 Å². The molecule has 0 aliphatic carbocycles. The quantitative estimate of drug-likeness (QED) is 0.837. The summed E-state index contributed by atoms with van der Waals surface area (Å²) in [6.07, 6.45) is 0.597. The van der Waals surface area contributed by atoms with E-state index >= 15 is 0 Å². The molecule has 1 aromatic carbocycles. The highest BCUT2D eigenvalue weighted by atomic mass is 32.2. The van der Waals surface area contributed by atoms with E-state index in [4.69, 9.17) is 0 Å². The molecule has 0 radical (unpaired) electrons. The molecule has 2 aromatic rings. The molecule has 1 aliphatic rings. The first-order valence-corrected chi connectivity index (χ1v) is 9.87. The van der Waals surface area contributed by atoms with E-state index in [0.29, 0.717) is 13.0 Å². The second kappa shape index (κ2) is 6.50. The summed E-state index contributed by atoms with van der Waals surface area (Å²) in [6.45, 7) is 0.615. The first kappa shape index (κ1) is 16.3. The summed E-state index contributed by atoms with van der Waals surface area (Å²) in [4.78, 5) is 13.8. The second-order valence-corrected chi connectivity index (χ2v) is 8.59. The maximum atomic E-state index is 12.0. The van der Waals surface area contributed by atoms with E-state index in [1.807, 2.05) is 23.1 Å². The highest BCUT2D eigenvalue weighted by Crippen LogP contribution is 2.16. The maximum Gasteiger partial charge on any atom is 0.234 e. The summed E-state index contributed by atoms with van der Waals surface area (Å²) >= 11 is 1.17. The summed E-state index contributed by atoms with van der Waals surface area (Å²) in [5, 5.41) is 2.86. The number of nitrogens with one attached hydrogen (secondary N) is 1. The molecular formula is C14H18N4O3S2. The van der Waals surface area contributed by atoms with Crippen LogP contribution in [0.4, 0.5) is 0 Å². The molecule has 3 rings (SSSR count). The lowest BCUT2D eigenvalue weighted by Crippen LogP contribution is -2.41. The predicted molar refractivity (Wildman–Crippen MR) is 89.0 cm³/mol. The molecule has 1 amide bonds. The second-order valence-electron chi connectivity index (χ2n) is 5.84. The maximum absolute atomic E-state index is 12.0. The summed E-state index contributed by atoms with van der Waals surface area (Å²) in [5.74, 6) is 0.239. The van der Waals surface area contributed by atoms with Gasteiger partial charge >= 0.3 is 0 Å². The zero-order chi connectivity index (χ0) is 16.4. The third kappa shape index (κ3) is 4.04. The molecule has 124 valence electrons. The van der Waals surface area contributed by atoms with E-state index in [0.717, 1.165) is 16.6 Å². The summed E-state index contributed by atoms with van der Waals surface area (Å²) in [5.41, 5.74) is 2.65. The SMILES string of the molecule is CN(CC(=O)NCc1ccc2nsnc2c1)C1CCS(=O)(=O)C1. The van der Waals surface area contributed by atoms with Gasteiger partial charge in [0, 0.05) is 12.6 Å².